The number of hydrogen-bond donors (Lipinski definition) is 0. The van der Waals surface area contributed by atoms with E-state index in [0.29, 0.717) is 30.0 Å². The van der Waals surface area contributed by atoms with Crippen molar-refractivity contribution in [3.63, 3.8) is 0 Å². The summed E-state index contributed by atoms with van der Waals surface area (Å²) in [4.78, 5) is 12.6. The third-order valence-electron chi connectivity index (χ3n) is 4.02. The summed E-state index contributed by atoms with van der Waals surface area (Å²) in [5.41, 5.74) is 1.54. The Bertz CT molecular complexity index is 968. The molecule has 6 heteroatoms. The molecule has 0 radical (unpaired) electrons. The average molecular weight is 343 g/mol. The zero-order valence-corrected chi connectivity index (χ0v) is 13.6. The van der Waals surface area contributed by atoms with Gasteiger partial charge in [-0.1, -0.05) is 18.2 Å². The van der Waals surface area contributed by atoms with Crippen LogP contribution in [0.15, 0.2) is 47.3 Å². The van der Waals surface area contributed by atoms with Gasteiger partial charge in [-0.3, -0.25) is 4.79 Å². The summed E-state index contributed by atoms with van der Waals surface area (Å²) in [6.07, 6.45) is 0.688. The van der Waals surface area contributed by atoms with Crippen LogP contribution in [-0.2, 0) is 6.54 Å². The number of hydrogen-bond acceptors (Lipinski definition) is 4. The Hall–Kier alpha value is -2.53. The lowest BCUT2D eigenvalue weighted by molar-refractivity contribution is 0.174. The maximum atomic E-state index is 12.6. The van der Waals surface area contributed by atoms with E-state index >= 15 is 0 Å². The maximum absolute atomic E-state index is 12.6. The largest absolute Gasteiger partial charge is 0.454 e. The van der Waals surface area contributed by atoms with Gasteiger partial charge in [0, 0.05) is 23.4 Å². The average Bonchev–Trinajstić information content (AvgIpc) is 3.09. The number of ether oxygens (including phenoxy) is 2. The minimum atomic E-state index is -0.0970. The third kappa shape index (κ3) is 2.51. The molecule has 0 unspecified atom stereocenters. The minimum absolute atomic E-state index is 0.0970. The molecule has 3 aromatic rings. The van der Waals surface area contributed by atoms with E-state index in [1.54, 1.807) is 0 Å². The summed E-state index contributed by atoms with van der Waals surface area (Å²) < 4.78 is 12.3. The Labute approximate surface area is 143 Å². The molecule has 24 heavy (non-hydrogen) atoms. The lowest BCUT2D eigenvalue weighted by Gasteiger charge is -2.11. The molecule has 0 saturated carbocycles. The molecular formula is C18H15ClN2O3. The molecule has 0 aliphatic carbocycles. The van der Waals surface area contributed by atoms with E-state index in [4.69, 9.17) is 21.1 Å². The van der Waals surface area contributed by atoms with Crippen molar-refractivity contribution >= 4 is 22.4 Å². The van der Waals surface area contributed by atoms with E-state index in [0.717, 1.165) is 22.4 Å². The second kappa shape index (κ2) is 6.17. The van der Waals surface area contributed by atoms with E-state index in [2.05, 4.69) is 5.10 Å². The highest BCUT2D eigenvalue weighted by Crippen LogP contribution is 2.36. The molecule has 1 aliphatic rings. The van der Waals surface area contributed by atoms with Gasteiger partial charge in [0.25, 0.3) is 5.56 Å². The van der Waals surface area contributed by atoms with Crippen LogP contribution in [0, 0.1) is 0 Å². The van der Waals surface area contributed by atoms with Crippen LogP contribution in [0.4, 0.5) is 0 Å². The second-order valence-electron chi connectivity index (χ2n) is 5.53. The fraction of sp³-hybridized carbons (Fsp3) is 0.222. The molecule has 0 N–H and O–H groups in total. The highest BCUT2D eigenvalue weighted by Gasteiger charge is 2.17. The van der Waals surface area contributed by atoms with Crippen LogP contribution in [0.1, 0.15) is 6.42 Å². The van der Waals surface area contributed by atoms with Crippen molar-refractivity contribution in [3.05, 3.63) is 52.8 Å². The number of rotatable bonds is 4. The van der Waals surface area contributed by atoms with E-state index in [9.17, 15) is 4.79 Å². The smallest absolute Gasteiger partial charge is 0.274 e. The van der Waals surface area contributed by atoms with Crippen molar-refractivity contribution in [2.45, 2.75) is 13.0 Å². The van der Waals surface area contributed by atoms with E-state index in [1.807, 2.05) is 42.5 Å². The summed E-state index contributed by atoms with van der Waals surface area (Å²) in [6.45, 7) is 0.715. The number of benzene rings is 2. The van der Waals surface area contributed by atoms with Crippen molar-refractivity contribution in [2.75, 3.05) is 12.7 Å². The van der Waals surface area contributed by atoms with Gasteiger partial charge in [0.15, 0.2) is 11.5 Å². The van der Waals surface area contributed by atoms with Crippen LogP contribution in [0.25, 0.3) is 22.0 Å². The van der Waals surface area contributed by atoms with Crippen molar-refractivity contribution in [1.82, 2.24) is 9.78 Å². The van der Waals surface area contributed by atoms with Gasteiger partial charge >= 0.3 is 0 Å². The van der Waals surface area contributed by atoms with Crippen LogP contribution in [0.5, 0.6) is 11.5 Å². The molecule has 5 nitrogen and oxygen atoms in total. The molecule has 1 aromatic heterocycles. The highest BCUT2D eigenvalue weighted by atomic mass is 35.5. The lowest BCUT2D eigenvalue weighted by Crippen LogP contribution is -2.24. The predicted octanol–water partition coefficient (Wildman–Crippen LogP) is 3.42. The van der Waals surface area contributed by atoms with Gasteiger partial charge in [0.1, 0.15) is 0 Å². The summed E-state index contributed by atoms with van der Waals surface area (Å²) in [5, 5.41) is 6.05. The molecule has 0 saturated heterocycles. The molecule has 1 aliphatic heterocycles. The fourth-order valence-corrected chi connectivity index (χ4v) is 2.97. The van der Waals surface area contributed by atoms with Crippen LogP contribution in [-0.4, -0.2) is 22.5 Å². The van der Waals surface area contributed by atoms with E-state index in [-0.39, 0.29) is 12.4 Å². The first kappa shape index (κ1) is 15.0. The predicted molar refractivity (Wildman–Crippen MR) is 92.9 cm³/mol. The molecule has 0 bridgehead atoms. The molecule has 4 rings (SSSR count). The molecule has 0 atom stereocenters. The van der Waals surface area contributed by atoms with Gasteiger partial charge < -0.3 is 9.47 Å². The summed E-state index contributed by atoms with van der Waals surface area (Å²) in [6, 6.07) is 13.2. The second-order valence-corrected chi connectivity index (χ2v) is 5.91. The van der Waals surface area contributed by atoms with Crippen molar-refractivity contribution in [1.29, 1.82) is 0 Å². The van der Waals surface area contributed by atoms with Gasteiger partial charge in [0.05, 0.1) is 11.1 Å². The number of alkyl halides is 1. The Morgan fingerprint density at radius 2 is 1.88 bits per heavy atom. The van der Waals surface area contributed by atoms with Gasteiger partial charge in [0.2, 0.25) is 6.79 Å². The monoisotopic (exact) mass is 342 g/mol. The molecule has 2 aromatic carbocycles. The third-order valence-corrected chi connectivity index (χ3v) is 4.28. The van der Waals surface area contributed by atoms with E-state index in [1.165, 1.54) is 4.68 Å². The molecule has 0 amide bonds. The zero-order chi connectivity index (χ0) is 16.5. The number of aryl methyl sites for hydroxylation is 1. The van der Waals surface area contributed by atoms with Gasteiger partial charge in [-0.25, -0.2) is 4.68 Å². The van der Waals surface area contributed by atoms with Crippen LogP contribution < -0.4 is 15.0 Å². The van der Waals surface area contributed by atoms with Crippen molar-refractivity contribution < 1.29 is 9.47 Å². The Morgan fingerprint density at radius 1 is 1.08 bits per heavy atom. The number of aromatic nitrogens is 2. The first-order valence-corrected chi connectivity index (χ1v) is 8.27. The van der Waals surface area contributed by atoms with Gasteiger partial charge in [-0.05, 0) is 30.7 Å². The van der Waals surface area contributed by atoms with Crippen molar-refractivity contribution in [2.24, 2.45) is 0 Å². The quantitative estimate of drug-likeness (QED) is 0.682. The lowest BCUT2D eigenvalue weighted by atomic mass is 10.0. The molecule has 122 valence electrons. The Morgan fingerprint density at radius 3 is 2.71 bits per heavy atom. The first-order valence-electron chi connectivity index (χ1n) is 7.74. The molecule has 2 heterocycles. The standard InChI is InChI=1S/C18H15ClN2O3/c19-8-3-9-21-18(22)14-5-2-1-4-13(14)17(20-21)12-6-7-15-16(10-12)24-11-23-15/h1-2,4-7,10H,3,8-9,11H2. The SMILES string of the molecule is O=c1c2ccccc2c(-c2ccc3c(c2)OCO3)nn1CCCCl. The van der Waals surface area contributed by atoms with Crippen LogP contribution >= 0.6 is 11.6 Å². The van der Waals surface area contributed by atoms with Gasteiger partial charge in [-0.15, -0.1) is 11.6 Å². The van der Waals surface area contributed by atoms with Gasteiger partial charge in [-0.2, -0.15) is 5.10 Å². The Balaban J connectivity index is 1.93. The molecule has 0 fully saturated rings. The molecular weight excluding hydrogens is 328 g/mol. The van der Waals surface area contributed by atoms with Crippen LogP contribution in [0.2, 0.25) is 0 Å². The Kier molecular flexibility index (Phi) is 3.86. The first-order chi connectivity index (χ1) is 11.8. The maximum Gasteiger partial charge on any atom is 0.274 e. The van der Waals surface area contributed by atoms with E-state index < -0.39 is 0 Å². The zero-order valence-electron chi connectivity index (χ0n) is 12.9. The summed E-state index contributed by atoms with van der Waals surface area (Å²) in [5.74, 6) is 1.90. The summed E-state index contributed by atoms with van der Waals surface area (Å²) in [7, 11) is 0. The minimum Gasteiger partial charge on any atom is -0.454 e. The number of fused-ring (bicyclic) bond motifs is 2. The highest BCUT2D eigenvalue weighted by molar-refractivity contribution is 6.17. The summed E-state index contributed by atoms with van der Waals surface area (Å²) >= 11 is 5.77. The normalized spacial score (nSPS) is 12.7. The number of nitrogens with zero attached hydrogens (tertiary/aromatic N) is 2. The number of halogens is 1. The topological polar surface area (TPSA) is 53.4 Å². The van der Waals surface area contributed by atoms with Crippen LogP contribution in [0.3, 0.4) is 0 Å². The molecule has 0 spiro atoms. The fourth-order valence-electron chi connectivity index (χ4n) is 2.85. The van der Waals surface area contributed by atoms with Crippen molar-refractivity contribution in [3.8, 4) is 22.8 Å².